The minimum Gasteiger partial charge on any atom is -0.309 e. The second-order valence-corrected chi connectivity index (χ2v) is 10.0. The number of rotatable bonds is 5. The molecule has 4 aromatic carbocycles. The van der Waals surface area contributed by atoms with E-state index in [-0.39, 0.29) is 0 Å². The number of aromatic nitrogens is 2. The summed E-state index contributed by atoms with van der Waals surface area (Å²) in [6.45, 7) is 0. The molecule has 5 rings (SSSR count). The third-order valence-corrected chi connectivity index (χ3v) is 8.47. The fourth-order valence-corrected chi connectivity index (χ4v) is 6.68. The highest BCUT2D eigenvalue weighted by molar-refractivity contribution is 7.85. The van der Waals surface area contributed by atoms with Crippen LogP contribution < -0.4 is 15.9 Å². The quantitative estimate of drug-likeness (QED) is 0.367. The summed E-state index contributed by atoms with van der Waals surface area (Å²) in [7, 11) is -3.10. The van der Waals surface area contributed by atoms with Crippen molar-refractivity contribution >= 4 is 23.1 Å². The molecule has 0 unspecified atom stereocenters. The lowest BCUT2D eigenvalue weighted by Crippen LogP contribution is -2.27. The summed E-state index contributed by atoms with van der Waals surface area (Å²) in [5.74, 6) is 0. The van der Waals surface area contributed by atoms with Gasteiger partial charge in [-0.25, -0.2) is 4.68 Å². The molecule has 0 aliphatic heterocycles. The Morgan fingerprint density at radius 1 is 0.581 bits per heavy atom. The van der Waals surface area contributed by atoms with E-state index in [1.807, 2.05) is 132 Å². The summed E-state index contributed by atoms with van der Waals surface area (Å²) in [5, 5.41) is 7.20. The van der Waals surface area contributed by atoms with Crippen LogP contribution in [0.1, 0.15) is 0 Å². The number of hydrogen-bond donors (Lipinski definition) is 0. The zero-order valence-electron chi connectivity index (χ0n) is 16.9. The van der Waals surface area contributed by atoms with Crippen LogP contribution in [0.15, 0.2) is 128 Å². The summed E-state index contributed by atoms with van der Waals surface area (Å²) in [6.07, 6.45) is 1.93. The van der Waals surface area contributed by atoms with Gasteiger partial charge in [0, 0.05) is 27.7 Å². The molecule has 5 aromatic rings. The molecule has 0 spiro atoms. The van der Waals surface area contributed by atoms with E-state index in [0.717, 1.165) is 32.9 Å². The van der Waals surface area contributed by atoms with Gasteiger partial charge in [-0.1, -0.05) is 103 Å². The molecule has 1 aromatic heterocycles. The molecule has 0 N–H and O–H groups in total. The SMILES string of the molecule is O=P(c1ccccc1)(c1ccccc1)c1ccccc1-n1ccc(-c2ccccc2)n1. The van der Waals surface area contributed by atoms with Crippen LogP contribution in [0.3, 0.4) is 0 Å². The molecule has 0 aliphatic carbocycles. The maximum absolute atomic E-state index is 14.8. The molecule has 0 radical (unpaired) electrons. The Hall–Kier alpha value is -3.68. The van der Waals surface area contributed by atoms with E-state index in [4.69, 9.17) is 5.10 Å². The summed E-state index contributed by atoms with van der Waals surface area (Å²) in [5.41, 5.74) is 2.75. The van der Waals surface area contributed by atoms with Crippen LogP contribution in [0.4, 0.5) is 0 Å². The van der Waals surface area contributed by atoms with E-state index in [1.165, 1.54) is 0 Å². The molecule has 31 heavy (non-hydrogen) atoms. The van der Waals surface area contributed by atoms with E-state index in [1.54, 1.807) is 0 Å². The van der Waals surface area contributed by atoms with Crippen molar-refractivity contribution in [3.63, 3.8) is 0 Å². The molecule has 0 bridgehead atoms. The second kappa shape index (κ2) is 8.22. The molecular formula is C27H21N2OP. The Balaban J connectivity index is 1.71. The minimum absolute atomic E-state index is 0.773. The molecular weight excluding hydrogens is 399 g/mol. The van der Waals surface area contributed by atoms with E-state index >= 15 is 0 Å². The summed E-state index contributed by atoms with van der Waals surface area (Å²) >= 11 is 0. The highest BCUT2D eigenvalue weighted by Gasteiger charge is 2.32. The highest BCUT2D eigenvalue weighted by Crippen LogP contribution is 2.43. The van der Waals surface area contributed by atoms with Crippen LogP contribution in [0, 0.1) is 0 Å². The van der Waals surface area contributed by atoms with Crippen molar-refractivity contribution < 1.29 is 4.57 Å². The van der Waals surface area contributed by atoms with Gasteiger partial charge in [0.2, 0.25) is 0 Å². The standard InChI is InChI=1S/C27H21N2OP/c30-31(23-14-6-2-7-15-23,24-16-8-3-9-17-24)27-19-11-10-18-26(27)29-21-20-25(28-29)22-12-4-1-5-13-22/h1-21H. The van der Waals surface area contributed by atoms with Crippen molar-refractivity contribution in [3.8, 4) is 16.9 Å². The Morgan fingerprint density at radius 2 is 1.10 bits per heavy atom. The van der Waals surface area contributed by atoms with Gasteiger partial charge in [0.05, 0.1) is 11.4 Å². The van der Waals surface area contributed by atoms with Crippen LogP contribution in [0.2, 0.25) is 0 Å². The van der Waals surface area contributed by atoms with Crippen LogP contribution in [0.5, 0.6) is 0 Å². The van der Waals surface area contributed by atoms with E-state index in [0.29, 0.717) is 0 Å². The predicted octanol–water partition coefficient (Wildman–Crippen LogP) is 5.18. The number of nitrogens with zero attached hydrogens (tertiary/aromatic N) is 2. The first-order valence-electron chi connectivity index (χ1n) is 10.2. The lowest BCUT2D eigenvalue weighted by atomic mass is 10.2. The predicted molar refractivity (Wildman–Crippen MR) is 128 cm³/mol. The molecule has 150 valence electrons. The first-order chi connectivity index (χ1) is 15.3. The molecule has 0 amide bonds. The summed E-state index contributed by atoms with van der Waals surface area (Å²) in [6, 6.07) is 39.4. The molecule has 0 atom stereocenters. The van der Waals surface area contributed by atoms with E-state index in [9.17, 15) is 4.57 Å². The van der Waals surface area contributed by atoms with Crippen LogP contribution in [-0.2, 0) is 4.57 Å². The van der Waals surface area contributed by atoms with Crippen molar-refractivity contribution in [1.29, 1.82) is 0 Å². The lowest BCUT2D eigenvalue weighted by molar-refractivity contribution is 0.592. The molecule has 1 heterocycles. The minimum atomic E-state index is -3.10. The average Bonchev–Trinajstić information content (AvgIpc) is 3.35. The van der Waals surface area contributed by atoms with E-state index < -0.39 is 7.14 Å². The van der Waals surface area contributed by atoms with Gasteiger partial charge < -0.3 is 4.57 Å². The van der Waals surface area contributed by atoms with E-state index in [2.05, 4.69) is 0 Å². The van der Waals surface area contributed by atoms with Gasteiger partial charge in [-0.15, -0.1) is 0 Å². The van der Waals surface area contributed by atoms with Gasteiger partial charge >= 0.3 is 0 Å². The fraction of sp³-hybridized carbons (Fsp3) is 0. The topological polar surface area (TPSA) is 34.9 Å². The molecule has 3 nitrogen and oxygen atoms in total. The zero-order chi connectivity index (χ0) is 21.1. The Morgan fingerprint density at radius 3 is 1.71 bits per heavy atom. The zero-order valence-corrected chi connectivity index (χ0v) is 17.8. The van der Waals surface area contributed by atoms with Crippen molar-refractivity contribution in [2.75, 3.05) is 0 Å². The molecule has 0 aliphatic rings. The van der Waals surface area contributed by atoms with Crippen LogP contribution in [-0.4, -0.2) is 9.78 Å². The first kappa shape index (κ1) is 19.3. The van der Waals surface area contributed by atoms with Crippen molar-refractivity contribution in [1.82, 2.24) is 9.78 Å². The first-order valence-corrected chi connectivity index (χ1v) is 11.9. The number of hydrogen-bond acceptors (Lipinski definition) is 2. The molecule has 0 fully saturated rings. The van der Waals surface area contributed by atoms with Crippen LogP contribution in [0.25, 0.3) is 16.9 Å². The fourth-order valence-electron chi connectivity index (χ4n) is 3.85. The molecule has 4 heteroatoms. The van der Waals surface area contributed by atoms with Gasteiger partial charge in [0.25, 0.3) is 0 Å². The lowest BCUT2D eigenvalue weighted by Gasteiger charge is -2.22. The van der Waals surface area contributed by atoms with Gasteiger partial charge in [0.1, 0.15) is 0 Å². The molecule has 0 saturated carbocycles. The largest absolute Gasteiger partial charge is 0.309 e. The van der Waals surface area contributed by atoms with Gasteiger partial charge in [-0.2, -0.15) is 5.10 Å². The van der Waals surface area contributed by atoms with Crippen molar-refractivity contribution in [3.05, 3.63) is 128 Å². The van der Waals surface area contributed by atoms with Crippen molar-refractivity contribution in [2.45, 2.75) is 0 Å². The maximum atomic E-state index is 14.8. The van der Waals surface area contributed by atoms with Crippen molar-refractivity contribution in [2.24, 2.45) is 0 Å². The third kappa shape index (κ3) is 3.54. The summed E-state index contributed by atoms with van der Waals surface area (Å²) < 4.78 is 16.7. The summed E-state index contributed by atoms with van der Waals surface area (Å²) in [4.78, 5) is 0. The Bertz CT molecular complexity index is 1300. The Kier molecular flexibility index (Phi) is 5.11. The smallest absolute Gasteiger partial charge is 0.173 e. The number of para-hydroxylation sites is 1. The van der Waals surface area contributed by atoms with Crippen LogP contribution >= 0.6 is 7.14 Å². The normalized spacial score (nSPS) is 11.4. The number of benzene rings is 4. The highest BCUT2D eigenvalue weighted by atomic mass is 31.2. The van der Waals surface area contributed by atoms with Gasteiger partial charge in [-0.05, 0) is 18.2 Å². The Labute approximate surface area is 182 Å². The second-order valence-electron chi connectivity index (χ2n) is 7.28. The third-order valence-electron chi connectivity index (χ3n) is 5.37. The monoisotopic (exact) mass is 420 g/mol. The van der Waals surface area contributed by atoms with Gasteiger partial charge in [0.15, 0.2) is 7.14 Å². The maximum Gasteiger partial charge on any atom is 0.173 e. The molecule has 0 saturated heterocycles. The van der Waals surface area contributed by atoms with Gasteiger partial charge in [-0.3, -0.25) is 0 Å². The average molecular weight is 420 g/mol.